The molecule has 0 aliphatic carbocycles. The van der Waals surface area contributed by atoms with Crippen molar-refractivity contribution < 1.29 is 13.2 Å². The summed E-state index contributed by atoms with van der Waals surface area (Å²) in [5, 5.41) is 9.62. The third-order valence-electron chi connectivity index (χ3n) is 2.73. The highest BCUT2D eigenvalue weighted by Gasteiger charge is 2.31. The minimum atomic E-state index is -4.44. The molecular weight excluding hydrogens is 319 g/mol. The Hall–Kier alpha value is -1.64. The first kappa shape index (κ1) is 15.7. The lowest BCUT2D eigenvalue weighted by atomic mass is 10.1. The van der Waals surface area contributed by atoms with Crippen molar-refractivity contribution >= 4 is 23.4 Å². The highest BCUT2D eigenvalue weighted by Crippen LogP contribution is 2.33. The number of thioether (sulfide) groups is 1. The van der Waals surface area contributed by atoms with Crippen LogP contribution >= 0.6 is 23.4 Å². The molecule has 0 aromatic heterocycles. The monoisotopic (exact) mass is 327 g/mol. The van der Waals surface area contributed by atoms with E-state index in [1.807, 2.05) is 18.2 Å². The normalized spacial score (nSPS) is 11.2. The van der Waals surface area contributed by atoms with E-state index in [1.54, 1.807) is 12.1 Å². The molecule has 0 aliphatic rings. The SMILES string of the molecule is N#Cc1cc(C(F)(F)F)ccc1SCc1ccc(Cl)cc1. The van der Waals surface area contributed by atoms with Crippen LogP contribution in [0.1, 0.15) is 16.7 Å². The van der Waals surface area contributed by atoms with Crippen LogP contribution in [0.5, 0.6) is 0 Å². The molecule has 6 heteroatoms. The van der Waals surface area contributed by atoms with Crippen molar-refractivity contribution in [3.8, 4) is 6.07 Å². The summed E-state index contributed by atoms with van der Waals surface area (Å²) in [5.74, 6) is 0.553. The van der Waals surface area contributed by atoms with Crippen molar-refractivity contribution in [3.63, 3.8) is 0 Å². The first-order chi connectivity index (χ1) is 9.90. The molecule has 0 bridgehead atoms. The van der Waals surface area contributed by atoms with E-state index >= 15 is 0 Å². The molecular formula is C15H9ClF3NS. The van der Waals surface area contributed by atoms with E-state index in [0.29, 0.717) is 15.7 Å². The Labute approximate surface area is 129 Å². The van der Waals surface area contributed by atoms with Gasteiger partial charge in [-0.2, -0.15) is 18.4 Å². The molecule has 2 rings (SSSR count). The number of alkyl halides is 3. The Morgan fingerprint density at radius 1 is 1.10 bits per heavy atom. The van der Waals surface area contributed by atoms with Gasteiger partial charge in [-0.15, -0.1) is 11.8 Å². The first-order valence-electron chi connectivity index (χ1n) is 5.89. The maximum atomic E-state index is 12.6. The Kier molecular flexibility index (Phi) is 4.81. The van der Waals surface area contributed by atoms with E-state index in [4.69, 9.17) is 16.9 Å². The molecule has 2 aromatic carbocycles. The lowest BCUT2D eigenvalue weighted by molar-refractivity contribution is -0.137. The summed E-state index contributed by atoms with van der Waals surface area (Å²) in [6, 6.07) is 12.2. The van der Waals surface area contributed by atoms with Gasteiger partial charge in [-0.25, -0.2) is 0 Å². The molecule has 0 fully saturated rings. The van der Waals surface area contributed by atoms with Gasteiger partial charge in [0, 0.05) is 15.7 Å². The van der Waals surface area contributed by atoms with Gasteiger partial charge in [0.25, 0.3) is 0 Å². The lowest BCUT2D eigenvalue weighted by Crippen LogP contribution is -2.05. The molecule has 0 saturated heterocycles. The van der Waals surface area contributed by atoms with Crippen molar-refractivity contribution in [2.24, 2.45) is 0 Å². The zero-order chi connectivity index (χ0) is 15.5. The molecule has 0 N–H and O–H groups in total. The molecule has 0 spiro atoms. The zero-order valence-electron chi connectivity index (χ0n) is 10.6. The van der Waals surface area contributed by atoms with Crippen molar-refractivity contribution in [1.82, 2.24) is 0 Å². The fourth-order valence-electron chi connectivity index (χ4n) is 1.66. The molecule has 0 amide bonds. The van der Waals surface area contributed by atoms with Gasteiger partial charge in [-0.3, -0.25) is 0 Å². The maximum absolute atomic E-state index is 12.6. The van der Waals surface area contributed by atoms with Gasteiger partial charge in [0.1, 0.15) is 6.07 Å². The Bertz CT molecular complexity index is 675. The van der Waals surface area contributed by atoms with Crippen molar-refractivity contribution in [2.45, 2.75) is 16.8 Å². The fourth-order valence-corrected chi connectivity index (χ4v) is 2.73. The second kappa shape index (κ2) is 6.42. The Morgan fingerprint density at radius 3 is 2.33 bits per heavy atom. The average Bonchev–Trinajstić information content (AvgIpc) is 2.45. The molecule has 0 radical (unpaired) electrons. The summed E-state index contributed by atoms with van der Waals surface area (Å²) in [6.45, 7) is 0. The van der Waals surface area contributed by atoms with Crippen LogP contribution in [0.15, 0.2) is 47.4 Å². The zero-order valence-corrected chi connectivity index (χ0v) is 12.2. The first-order valence-corrected chi connectivity index (χ1v) is 7.25. The van der Waals surface area contributed by atoms with E-state index in [1.165, 1.54) is 17.8 Å². The molecule has 21 heavy (non-hydrogen) atoms. The van der Waals surface area contributed by atoms with Crippen molar-refractivity contribution in [1.29, 1.82) is 5.26 Å². The number of nitriles is 1. The molecule has 2 aromatic rings. The van der Waals surface area contributed by atoms with Crippen LogP contribution in [0, 0.1) is 11.3 Å². The predicted molar refractivity (Wildman–Crippen MR) is 77.2 cm³/mol. The van der Waals surface area contributed by atoms with Crippen LogP contribution < -0.4 is 0 Å². The predicted octanol–water partition coefficient (Wildman–Crippen LogP) is 5.52. The molecule has 0 heterocycles. The lowest BCUT2D eigenvalue weighted by Gasteiger charge is -2.09. The number of hydrogen-bond acceptors (Lipinski definition) is 2. The van der Waals surface area contributed by atoms with E-state index in [0.717, 1.165) is 17.7 Å². The fraction of sp³-hybridized carbons (Fsp3) is 0.133. The van der Waals surface area contributed by atoms with Gasteiger partial charge < -0.3 is 0 Å². The quantitative estimate of drug-likeness (QED) is 0.693. The third-order valence-corrected chi connectivity index (χ3v) is 4.13. The second-order valence-corrected chi connectivity index (χ2v) is 5.69. The summed E-state index contributed by atoms with van der Waals surface area (Å²) in [7, 11) is 0. The van der Waals surface area contributed by atoms with Gasteiger partial charge in [0.05, 0.1) is 11.1 Å². The molecule has 108 valence electrons. The minimum Gasteiger partial charge on any atom is -0.192 e. The molecule has 1 nitrogen and oxygen atoms in total. The van der Waals surface area contributed by atoms with Crippen molar-refractivity contribution in [3.05, 3.63) is 64.2 Å². The average molecular weight is 328 g/mol. The maximum Gasteiger partial charge on any atom is 0.416 e. The highest BCUT2D eigenvalue weighted by atomic mass is 35.5. The standard InChI is InChI=1S/C15H9ClF3NS/c16-13-4-1-10(2-5-13)9-21-14-6-3-12(15(17,18)19)7-11(14)8-20/h1-7H,9H2. The van der Waals surface area contributed by atoms with Crippen LogP contribution in [-0.2, 0) is 11.9 Å². The summed E-state index contributed by atoms with van der Waals surface area (Å²) in [5.41, 5.74) is 0.201. The summed E-state index contributed by atoms with van der Waals surface area (Å²) < 4.78 is 37.8. The molecule has 0 unspecified atom stereocenters. The summed E-state index contributed by atoms with van der Waals surface area (Å²) in [6.07, 6.45) is -4.44. The van der Waals surface area contributed by atoms with E-state index in [2.05, 4.69) is 0 Å². The van der Waals surface area contributed by atoms with E-state index in [9.17, 15) is 13.2 Å². The van der Waals surface area contributed by atoms with Gasteiger partial charge in [-0.05, 0) is 35.9 Å². The van der Waals surface area contributed by atoms with E-state index < -0.39 is 11.7 Å². The largest absolute Gasteiger partial charge is 0.416 e. The number of halogens is 4. The smallest absolute Gasteiger partial charge is 0.192 e. The number of benzene rings is 2. The number of nitrogens with zero attached hydrogens (tertiary/aromatic N) is 1. The Balaban J connectivity index is 2.17. The van der Waals surface area contributed by atoms with Crippen LogP contribution in [0.4, 0.5) is 13.2 Å². The Morgan fingerprint density at radius 2 is 1.76 bits per heavy atom. The van der Waals surface area contributed by atoms with Gasteiger partial charge in [0.15, 0.2) is 0 Å². The summed E-state index contributed by atoms with van der Waals surface area (Å²) in [4.78, 5) is 0.528. The van der Waals surface area contributed by atoms with Gasteiger partial charge in [0.2, 0.25) is 0 Å². The number of hydrogen-bond donors (Lipinski definition) is 0. The molecule has 0 aliphatic heterocycles. The number of rotatable bonds is 3. The third kappa shape index (κ3) is 4.16. The summed E-state index contributed by atoms with van der Waals surface area (Å²) >= 11 is 7.10. The highest BCUT2D eigenvalue weighted by molar-refractivity contribution is 7.98. The van der Waals surface area contributed by atoms with Gasteiger partial charge >= 0.3 is 6.18 Å². The van der Waals surface area contributed by atoms with Crippen molar-refractivity contribution in [2.75, 3.05) is 0 Å². The molecule has 0 atom stereocenters. The minimum absolute atomic E-state index is 0.0313. The topological polar surface area (TPSA) is 23.8 Å². The van der Waals surface area contributed by atoms with E-state index in [-0.39, 0.29) is 5.56 Å². The molecule has 0 saturated carbocycles. The van der Waals surface area contributed by atoms with Crippen LogP contribution in [-0.4, -0.2) is 0 Å². The van der Waals surface area contributed by atoms with Gasteiger partial charge in [-0.1, -0.05) is 23.7 Å². The second-order valence-electron chi connectivity index (χ2n) is 4.24. The van der Waals surface area contributed by atoms with Crippen LogP contribution in [0.2, 0.25) is 5.02 Å². The van der Waals surface area contributed by atoms with Crippen LogP contribution in [0.3, 0.4) is 0 Å². The van der Waals surface area contributed by atoms with Crippen LogP contribution in [0.25, 0.3) is 0 Å².